The number of thiophene rings is 1. The van der Waals surface area contributed by atoms with E-state index in [2.05, 4.69) is 47.0 Å². The number of carbonyl (C=O) groups is 1. The summed E-state index contributed by atoms with van der Waals surface area (Å²) in [7, 11) is 2.04. The summed E-state index contributed by atoms with van der Waals surface area (Å²) in [5, 5.41) is 21.5. The first-order valence-electron chi connectivity index (χ1n) is 11.1. The topological polar surface area (TPSA) is 69.6 Å². The van der Waals surface area contributed by atoms with E-state index in [0.717, 1.165) is 26.4 Å². The van der Waals surface area contributed by atoms with E-state index in [4.69, 9.17) is 0 Å². The Labute approximate surface area is 205 Å². The number of nitrogens with zero attached hydrogens (tertiary/aromatic N) is 3. The number of benzene rings is 3. The van der Waals surface area contributed by atoms with Crippen molar-refractivity contribution in [1.29, 1.82) is 10.5 Å². The van der Waals surface area contributed by atoms with Gasteiger partial charge in [0.2, 0.25) is 0 Å². The minimum Gasteiger partial charge on any atom is -0.343 e. The lowest BCUT2D eigenvalue weighted by molar-refractivity contribution is 0.104. The number of nitriles is 2. The summed E-state index contributed by atoms with van der Waals surface area (Å²) in [5.41, 5.74) is 5.27. The highest BCUT2D eigenvalue weighted by atomic mass is 32.1. The zero-order chi connectivity index (χ0) is 24.1. The number of carbonyl (C=O) groups excluding carboxylic acids is 1. The van der Waals surface area contributed by atoms with E-state index < -0.39 is 0 Å². The number of hydrogen-bond acceptors (Lipinski definition) is 4. The van der Waals surface area contributed by atoms with Crippen LogP contribution in [0.4, 0.5) is 0 Å². The van der Waals surface area contributed by atoms with Crippen LogP contribution in [0.1, 0.15) is 20.8 Å². The molecule has 0 spiro atoms. The molecule has 0 aliphatic heterocycles. The third-order valence-corrected chi connectivity index (χ3v) is 7.53. The molecule has 0 bridgehead atoms. The first kappa shape index (κ1) is 20.9. The summed E-state index contributed by atoms with van der Waals surface area (Å²) < 4.78 is 3.27. The normalized spacial score (nSPS) is 13.9. The van der Waals surface area contributed by atoms with Crippen LogP contribution in [-0.4, -0.2) is 10.4 Å². The molecule has 0 saturated heterocycles. The Morgan fingerprint density at radius 2 is 1.60 bits per heavy atom. The van der Waals surface area contributed by atoms with Gasteiger partial charge in [0.1, 0.15) is 17.7 Å². The van der Waals surface area contributed by atoms with Gasteiger partial charge in [-0.05, 0) is 46.2 Å². The quantitative estimate of drug-likeness (QED) is 0.205. The van der Waals surface area contributed by atoms with Crippen molar-refractivity contribution in [3.63, 3.8) is 0 Å². The second-order valence-corrected chi connectivity index (χ2v) is 9.57. The zero-order valence-corrected chi connectivity index (χ0v) is 19.6. The van der Waals surface area contributed by atoms with Gasteiger partial charge in [0.15, 0.2) is 5.78 Å². The first-order valence-corrected chi connectivity index (χ1v) is 11.9. The fourth-order valence-electron chi connectivity index (χ4n) is 4.82. The monoisotopic (exact) mass is 467 g/mol. The Hall–Kier alpha value is -4.71. The summed E-state index contributed by atoms with van der Waals surface area (Å²) in [6.45, 7) is 0. The van der Waals surface area contributed by atoms with Gasteiger partial charge in [-0.15, -0.1) is 11.3 Å². The van der Waals surface area contributed by atoms with Crippen LogP contribution in [-0.2, 0) is 7.05 Å². The van der Waals surface area contributed by atoms with E-state index in [1.807, 2.05) is 43.5 Å². The van der Waals surface area contributed by atoms with E-state index in [-0.39, 0.29) is 11.4 Å². The number of allylic oxidation sites excluding steroid dienone is 3. The number of Topliss-reactive ketones (excluding diaryl/α,β-unsaturated/α-hetero) is 1. The van der Waals surface area contributed by atoms with Crippen LogP contribution in [0.25, 0.3) is 43.9 Å². The lowest BCUT2D eigenvalue weighted by atomic mass is 9.99. The van der Waals surface area contributed by atoms with E-state index in [0.29, 0.717) is 22.3 Å². The molecule has 0 fully saturated rings. The molecule has 0 radical (unpaired) electrons. The molecule has 0 unspecified atom stereocenters. The maximum absolute atomic E-state index is 13.2. The number of aryl methyl sites for hydroxylation is 1. The Morgan fingerprint density at radius 1 is 0.886 bits per heavy atom. The van der Waals surface area contributed by atoms with Gasteiger partial charge in [-0.1, -0.05) is 60.7 Å². The average molecular weight is 468 g/mol. The fourth-order valence-corrected chi connectivity index (χ4v) is 5.89. The summed E-state index contributed by atoms with van der Waals surface area (Å²) >= 11 is 1.59. The molecule has 0 atom stereocenters. The SMILES string of the molecule is Cn1c(-c2ccc3ccccc3c2)cc2sc(/C=C3\C(=O)c4ccccc4C3=C(C#N)C#N)cc21. The molecule has 0 amide bonds. The maximum atomic E-state index is 13.2. The van der Waals surface area contributed by atoms with Crippen molar-refractivity contribution >= 4 is 49.8 Å². The van der Waals surface area contributed by atoms with Gasteiger partial charge >= 0.3 is 0 Å². The molecule has 6 rings (SSSR count). The van der Waals surface area contributed by atoms with Crippen molar-refractivity contribution in [1.82, 2.24) is 4.57 Å². The number of hydrogen-bond donors (Lipinski definition) is 0. The predicted molar refractivity (Wildman–Crippen MR) is 141 cm³/mol. The molecule has 5 aromatic rings. The molecule has 0 saturated carbocycles. The molecule has 1 aliphatic rings. The van der Waals surface area contributed by atoms with E-state index in [1.54, 1.807) is 29.5 Å². The second kappa shape index (κ2) is 7.95. The van der Waals surface area contributed by atoms with Gasteiger partial charge in [-0.25, -0.2) is 0 Å². The van der Waals surface area contributed by atoms with Crippen molar-refractivity contribution in [3.05, 3.63) is 106 Å². The lowest BCUT2D eigenvalue weighted by Gasteiger charge is -2.06. The molecule has 5 heteroatoms. The maximum Gasteiger partial charge on any atom is 0.194 e. The van der Waals surface area contributed by atoms with Crippen LogP contribution in [0.3, 0.4) is 0 Å². The van der Waals surface area contributed by atoms with Crippen molar-refractivity contribution in [2.24, 2.45) is 7.05 Å². The average Bonchev–Trinajstić information content (AvgIpc) is 3.51. The molecule has 1 aliphatic carbocycles. The smallest absolute Gasteiger partial charge is 0.194 e. The summed E-state index contributed by atoms with van der Waals surface area (Å²) in [4.78, 5) is 14.1. The molecule has 35 heavy (non-hydrogen) atoms. The van der Waals surface area contributed by atoms with Gasteiger partial charge < -0.3 is 4.57 Å². The summed E-state index contributed by atoms with van der Waals surface area (Å²) in [6, 6.07) is 30.1. The van der Waals surface area contributed by atoms with Crippen LogP contribution in [0.15, 0.2) is 90.0 Å². The summed E-state index contributed by atoms with van der Waals surface area (Å²) in [5.74, 6) is -0.159. The Bertz CT molecular complexity index is 1830. The van der Waals surface area contributed by atoms with Crippen LogP contribution in [0.5, 0.6) is 0 Å². The predicted octanol–water partition coefficient (Wildman–Crippen LogP) is 7.14. The van der Waals surface area contributed by atoms with Crippen LogP contribution < -0.4 is 0 Å². The first-order chi connectivity index (χ1) is 17.1. The largest absolute Gasteiger partial charge is 0.343 e. The zero-order valence-electron chi connectivity index (χ0n) is 18.7. The highest BCUT2D eigenvalue weighted by Gasteiger charge is 2.32. The van der Waals surface area contributed by atoms with Gasteiger partial charge in [0, 0.05) is 34.3 Å². The highest BCUT2D eigenvalue weighted by molar-refractivity contribution is 7.19. The van der Waals surface area contributed by atoms with Gasteiger partial charge in [0.05, 0.1) is 10.2 Å². The van der Waals surface area contributed by atoms with Gasteiger partial charge in [0.25, 0.3) is 0 Å². The fraction of sp³-hybridized carbons (Fsp3) is 0.0333. The molecular weight excluding hydrogens is 450 g/mol. The Morgan fingerprint density at radius 3 is 2.34 bits per heavy atom. The van der Waals surface area contributed by atoms with E-state index in [1.165, 1.54) is 10.8 Å². The standard InChI is InChI=1S/C30H17N3OS/c1-33-26(20-11-10-18-6-2-3-7-19(18)12-20)15-28-27(33)14-22(35-28)13-25-29(21(16-31)17-32)23-8-4-5-9-24(23)30(25)34/h2-15H,1H3/b25-13-. The minimum atomic E-state index is -0.159. The van der Waals surface area contributed by atoms with Crippen molar-refractivity contribution in [2.75, 3.05) is 0 Å². The third-order valence-electron chi connectivity index (χ3n) is 6.51. The van der Waals surface area contributed by atoms with Crippen LogP contribution >= 0.6 is 11.3 Å². The highest BCUT2D eigenvalue weighted by Crippen LogP contribution is 2.41. The molecule has 164 valence electrons. The van der Waals surface area contributed by atoms with Crippen LogP contribution in [0.2, 0.25) is 0 Å². The Kier molecular flexibility index (Phi) is 4.74. The molecule has 3 aromatic carbocycles. The van der Waals surface area contributed by atoms with Crippen molar-refractivity contribution < 1.29 is 4.79 Å². The van der Waals surface area contributed by atoms with Gasteiger partial charge in [-0.3, -0.25) is 4.79 Å². The summed E-state index contributed by atoms with van der Waals surface area (Å²) in [6.07, 6.45) is 1.81. The van der Waals surface area contributed by atoms with Crippen molar-refractivity contribution in [3.8, 4) is 23.4 Å². The number of ketones is 1. The molecule has 2 heterocycles. The molecular formula is C30H17N3OS. The third kappa shape index (κ3) is 3.22. The lowest BCUT2D eigenvalue weighted by Crippen LogP contribution is -1.95. The van der Waals surface area contributed by atoms with Crippen LogP contribution in [0, 0.1) is 22.7 Å². The molecule has 2 aromatic heterocycles. The number of aromatic nitrogens is 1. The molecule has 0 N–H and O–H groups in total. The Balaban J connectivity index is 1.46. The molecule has 4 nitrogen and oxygen atoms in total. The van der Waals surface area contributed by atoms with Gasteiger partial charge in [-0.2, -0.15) is 10.5 Å². The van der Waals surface area contributed by atoms with E-state index >= 15 is 0 Å². The van der Waals surface area contributed by atoms with Crippen molar-refractivity contribution in [2.45, 2.75) is 0 Å². The number of fused-ring (bicyclic) bond motifs is 3. The minimum absolute atomic E-state index is 0.0470. The number of rotatable bonds is 2. The second-order valence-electron chi connectivity index (χ2n) is 8.46. The van der Waals surface area contributed by atoms with E-state index in [9.17, 15) is 15.3 Å².